The zero-order valence-corrected chi connectivity index (χ0v) is 15.3. The number of phenols is 1. The number of aromatic nitrogens is 3. The van der Waals surface area contributed by atoms with Crippen molar-refractivity contribution in [1.29, 1.82) is 0 Å². The Morgan fingerprint density at radius 2 is 2.22 bits per heavy atom. The summed E-state index contributed by atoms with van der Waals surface area (Å²) in [4.78, 5) is 10.9. The van der Waals surface area contributed by atoms with Crippen LogP contribution in [-0.2, 0) is 4.79 Å². The molecule has 2 heterocycles. The first-order valence-corrected chi connectivity index (χ1v) is 8.74. The summed E-state index contributed by atoms with van der Waals surface area (Å²) in [5.41, 5.74) is 1.31. The van der Waals surface area contributed by atoms with E-state index in [0.29, 0.717) is 33.6 Å². The Hall–Kier alpha value is -3.27. The summed E-state index contributed by atoms with van der Waals surface area (Å²) in [7, 11) is 1.46. The number of carboxylic acid groups (broad SMARTS) is 1. The molecule has 0 atom stereocenters. The van der Waals surface area contributed by atoms with E-state index in [1.54, 1.807) is 25.1 Å². The van der Waals surface area contributed by atoms with Gasteiger partial charge in [-0.1, -0.05) is 11.8 Å². The Bertz CT molecular complexity index is 995. The van der Waals surface area contributed by atoms with Gasteiger partial charge in [-0.2, -0.15) is 9.78 Å². The van der Waals surface area contributed by atoms with Gasteiger partial charge in [0.1, 0.15) is 5.76 Å². The highest BCUT2D eigenvalue weighted by Gasteiger charge is 2.18. The largest absolute Gasteiger partial charge is 0.504 e. The molecule has 0 saturated carbocycles. The van der Waals surface area contributed by atoms with Gasteiger partial charge < -0.3 is 19.4 Å². The molecule has 0 bridgehead atoms. The van der Waals surface area contributed by atoms with Crippen molar-refractivity contribution in [3.05, 3.63) is 41.9 Å². The summed E-state index contributed by atoms with van der Waals surface area (Å²) >= 11 is 1.000. The quantitative estimate of drug-likeness (QED) is 0.468. The standard InChI is InChI=1S/C17H16N4O5S/c1-10-12(5-6-26-10)16-19-20-17(27-9-15(23)24)21(16)18-8-11-3-4-14(25-2)13(22)7-11/h3-8,22H,9H2,1-2H3,(H,23,24)/b18-8-. The molecule has 0 saturated heterocycles. The summed E-state index contributed by atoms with van der Waals surface area (Å²) < 4.78 is 11.8. The summed E-state index contributed by atoms with van der Waals surface area (Å²) in [6.07, 6.45) is 3.03. The molecule has 140 valence electrons. The first-order chi connectivity index (χ1) is 13.0. The number of hydrogen-bond donors (Lipinski definition) is 2. The van der Waals surface area contributed by atoms with Crippen LogP contribution in [0.5, 0.6) is 11.5 Å². The second-order valence-electron chi connectivity index (χ2n) is 5.37. The van der Waals surface area contributed by atoms with Crippen molar-refractivity contribution in [1.82, 2.24) is 14.9 Å². The predicted molar refractivity (Wildman–Crippen MR) is 98.5 cm³/mol. The number of rotatable bonds is 7. The summed E-state index contributed by atoms with van der Waals surface area (Å²) in [6.45, 7) is 1.78. The van der Waals surface area contributed by atoms with Gasteiger partial charge >= 0.3 is 5.97 Å². The molecule has 2 N–H and O–H groups in total. The Morgan fingerprint density at radius 3 is 2.85 bits per heavy atom. The molecule has 0 unspecified atom stereocenters. The molecule has 0 spiro atoms. The first kappa shape index (κ1) is 18.5. The van der Waals surface area contributed by atoms with Gasteiger partial charge in [-0.25, -0.2) is 0 Å². The van der Waals surface area contributed by atoms with Crippen LogP contribution in [0, 0.1) is 6.92 Å². The topological polar surface area (TPSA) is 123 Å². The lowest BCUT2D eigenvalue weighted by Gasteiger charge is -2.05. The van der Waals surface area contributed by atoms with Crippen LogP contribution in [0.4, 0.5) is 0 Å². The molecule has 2 aromatic heterocycles. The number of ether oxygens (including phenoxy) is 1. The second-order valence-corrected chi connectivity index (χ2v) is 6.31. The maximum absolute atomic E-state index is 10.9. The van der Waals surface area contributed by atoms with Gasteiger partial charge in [0.2, 0.25) is 5.16 Å². The SMILES string of the molecule is COc1ccc(/C=N\n2c(SCC(=O)O)nnc2-c2ccoc2C)cc1O. The molecule has 10 heteroatoms. The number of nitrogens with zero attached hydrogens (tertiary/aromatic N) is 4. The number of phenolic OH excluding ortho intramolecular Hbond substituents is 1. The van der Waals surface area contributed by atoms with Crippen molar-refractivity contribution in [2.75, 3.05) is 12.9 Å². The molecular formula is C17H16N4O5S. The van der Waals surface area contributed by atoms with E-state index in [1.165, 1.54) is 30.3 Å². The fraction of sp³-hybridized carbons (Fsp3) is 0.176. The van der Waals surface area contributed by atoms with Crippen molar-refractivity contribution in [2.24, 2.45) is 5.10 Å². The second kappa shape index (κ2) is 7.96. The minimum absolute atomic E-state index is 0.0171. The summed E-state index contributed by atoms with van der Waals surface area (Å²) in [5, 5.41) is 31.6. The molecular weight excluding hydrogens is 372 g/mol. The number of benzene rings is 1. The molecule has 1 aromatic carbocycles. The molecule has 3 aromatic rings. The third-order valence-corrected chi connectivity index (χ3v) is 4.47. The highest BCUT2D eigenvalue weighted by Crippen LogP contribution is 2.28. The number of carbonyl (C=O) groups is 1. The van der Waals surface area contributed by atoms with Crippen molar-refractivity contribution in [3.63, 3.8) is 0 Å². The number of furan rings is 1. The molecule has 3 rings (SSSR count). The maximum Gasteiger partial charge on any atom is 0.313 e. The molecule has 0 fully saturated rings. The predicted octanol–water partition coefficient (Wildman–Crippen LogP) is 2.62. The number of aliphatic carboxylic acids is 1. The molecule has 0 aliphatic rings. The van der Waals surface area contributed by atoms with Gasteiger partial charge in [0.15, 0.2) is 17.3 Å². The van der Waals surface area contributed by atoms with E-state index in [9.17, 15) is 9.90 Å². The van der Waals surface area contributed by atoms with Crippen LogP contribution in [0.1, 0.15) is 11.3 Å². The van der Waals surface area contributed by atoms with Gasteiger partial charge in [0.05, 0.1) is 30.9 Å². The summed E-state index contributed by atoms with van der Waals surface area (Å²) in [6, 6.07) is 6.57. The molecule has 0 aliphatic carbocycles. The number of methoxy groups -OCH3 is 1. The normalized spacial score (nSPS) is 11.2. The third kappa shape index (κ3) is 4.11. The number of hydrogen-bond acceptors (Lipinski definition) is 8. The number of aryl methyl sites for hydroxylation is 1. The lowest BCUT2D eigenvalue weighted by atomic mass is 10.2. The first-order valence-electron chi connectivity index (χ1n) is 7.75. The Labute approximate surface area is 158 Å². The lowest BCUT2D eigenvalue weighted by Crippen LogP contribution is -2.01. The van der Waals surface area contributed by atoms with Crippen LogP contribution in [0.3, 0.4) is 0 Å². The van der Waals surface area contributed by atoms with Gasteiger partial charge in [0, 0.05) is 0 Å². The van der Waals surface area contributed by atoms with E-state index >= 15 is 0 Å². The van der Waals surface area contributed by atoms with E-state index in [4.69, 9.17) is 14.3 Å². The van der Waals surface area contributed by atoms with Crippen LogP contribution in [-0.4, -0.2) is 50.1 Å². The van der Waals surface area contributed by atoms with Gasteiger partial charge in [0.25, 0.3) is 0 Å². The monoisotopic (exact) mass is 388 g/mol. The van der Waals surface area contributed by atoms with Crippen LogP contribution >= 0.6 is 11.8 Å². The van der Waals surface area contributed by atoms with Crippen LogP contribution < -0.4 is 4.74 Å². The minimum atomic E-state index is -0.973. The van der Waals surface area contributed by atoms with E-state index in [1.807, 2.05) is 0 Å². The van der Waals surface area contributed by atoms with Crippen LogP contribution in [0.25, 0.3) is 11.4 Å². The molecule has 0 aliphatic heterocycles. The molecule has 0 radical (unpaired) electrons. The summed E-state index contributed by atoms with van der Waals surface area (Å²) in [5.74, 6) is 0.236. The van der Waals surface area contributed by atoms with Crippen molar-refractivity contribution in [2.45, 2.75) is 12.1 Å². The van der Waals surface area contributed by atoms with Crippen LogP contribution in [0.2, 0.25) is 0 Å². The van der Waals surface area contributed by atoms with E-state index in [-0.39, 0.29) is 11.5 Å². The number of aromatic hydroxyl groups is 1. The average Bonchev–Trinajstić information content (AvgIpc) is 3.23. The van der Waals surface area contributed by atoms with E-state index in [2.05, 4.69) is 15.3 Å². The smallest absolute Gasteiger partial charge is 0.313 e. The number of carboxylic acids is 1. The molecule has 27 heavy (non-hydrogen) atoms. The van der Waals surface area contributed by atoms with E-state index in [0.717, 1.165) is 11.8 Å². The lowest BCUT2D eigenvalue weighted by molar-refractivity contribution is -0.133. The van der Waals surface area contributed by atoms with Crippen molar-refractivity contribution in [3.8, 4) is 22.9 Å². The number of thioether (sulfide) groups is 1. The van der Waals surface area contributed by atoms with Crippen molar-refractivity contribution < 1.29 is 24.2 Å². The highest BCUT2D eigenvalue weighted by atomic mass is 32.2. The molecule has 0 amide bonds. The highest BCUT2D eigenvalue weighted by molar-refractivity contribution is 7.99. The zero-order chi connectivity index (χ0) is 19.4. The van der Waals surface area contributed by atoms with E-state index < -0.39 is 5.97 Å². The average molecular weight is 388 g/mol. The fourth-order valence-corrected chi connectivity index (χ4v) is 2.89. The maximum atomic E-state index is 10.9. The molecule has 9 nitrogen and oxygen atoms in total. The van der Waals surface area contributed by atoms with Crippen molar-refractivity contribution >= 4 is 23.9 Å². The third-order valence-electron chi connectivity index (χ3n) is 3.56. The zero-order valence-electron chi connectivity index (χ0n) is 14.5. The van der Waals surface area contributed by atoms with Gasteiger partial charge in [-0.05, 0) is 36.8 Å². The Morgan fingerprint density at radius 1 is 1.41 bits per heavy atom. The van der Waals surface area contributed by atoms with Gasteiger partial charge in [-0.3, -0.25) is 4.79 Å². The minimum Gasteiger partial charge on any atom is -0.504 e. The Balaban J connectivity index is 1.98. The fourth-order valence-electron chi connectivity index (χ4n) is 2.28. The Kier molecular flexibility index (Phi) is 5.46. The van der Waals surface area contributed by atoms with Gasteiger partial charge in [-0.15, -0.1) is 10.2 Å². The van der Waals surface area contributed by atoms with Crippen LogP contribution in [0.15, 0.2) is 45.2 Å².